The van der Waals surface area contributed by atoms with E-state index in [0.717, 1.165) is 76.3 Å². The van der Waals surface area contributed by atoms with Gasteiger partial charge >= 0.3 is 11.9 Å². The molecular weight excluding hydrogens is 545 g/mol. The summed E-state index contributed by atoms with van der Waals surface area (Å²) in [6.07, 6.45) is 15.7. The van der Waals surface area contributed by atoms with Crippen LogP contribution in [-0.2, 0) is 23.2 Å². The van der Waals surface area contributed by atoms with Crippen molar-refractivity contribution in [3.05, 3.63) is 23.3 Å². The maximum Gasteiger partial charge on any atom is 0.305 e. The van der Waals surface area contributed by atoms with Crippen molar-refractivity contribution in [2.24, 2.45) is 11.8 Å². The third-order valence-corrected chi connectivity index (χ3v) is 15.1. The van der Waals surface area contributed by atoms with Gasteiger partial charge in [-0.25, -0.2) is 0 Å². The smallest absolute Gasteiger partial charge is 0.305 e. The first-order valence-electron chi connectivity index (χ1n) is 16.4. The van der Waals surface area contributed by atoms with E-state index in [2.05, 4.69) is 79.9 Å². The van der Waals surface area contributed by atoms with Crippen molar-refractivity contribution in [1.29, 1.82) is 0 Å². The Morgan fingerprint density at radius 1 is 0.610 bits per heavy atom. The topological polar surface area (TPSA) is 61.8 Å². The maximum atomic E-state index is 12.1. The van der Waals surface area contributed by atoms with E-state index in [4.69, 9.17) is 13.6 Å². The molecule has 7 heteroatoms. The monoisotopic (exact) mass is 610 g/mol. The first-order chi connectivity index (χ1) is 19.1. The lowest BCUT2D eigenvalue weighted by Crippen LogP contribution is -2.44. The third-order valence-electron chi connectivity index (χ3n) is 7.54. The average Bonchev–Trinajstić information content (AvgIpc) is 2.83. The second kappa shape index (κ2) is 22.4. The zero-order valence-electron chi connectivity index (χ0n) is 28.7. The van der Waals surface area contributed by atoms with E-state index in [1.807, 2.05) is 0 Å². The molecule has 0 fully saturated rings. The van der Waals surface area contributed by atoms with E-state index in [0.29, 0.717) is 37.9 Å². The predicted octanol–water partition coefficient (Wildman–Crippen LogP) is 10.4. The summed E-state index contributed by atoms with van der Waals surface area (Å²) in [7, 11) is -3.58. The molecule has 5 nitrogen and oxygen atoms in total. The van der Waals surface area contributed by atoms with Crippen molar-refractivity contribution < 1.29 is 23.2 Å². The Labute approximate surface area is 256 Å². The quantitative estimate of drug-likeness (QED) is 0.0471. The Balaban J connectivity index is 4.01. The molecule has 0 aliphatic carbocycles. The summed E-state index contributed by atoms with van der Waals surface area (Å²) in [5.41, 5.74) is 2.73. The van der Waals surface area contributed by atoms with Gasteiger partial charge in [0.05, 0.1) is 13.2 Å². The predicted molar refractivity (Wildman–Crippen MR) is 180 cm³/mol. The maximum absolute atomic E-state index is 12.1. The van der Waals surface area contributed by atoms with Crippen LogP contribution in [0.4, 0.5) is 0 Å². The third kappa shape index (κ3) is 26.2. The number of unbranched alkanes of at least 4 members (excludes halogenated alkanes) is 2. The summed E-state index contributed by atoms with van der Waals surface area (Å²) in [6.45, 7) is 23.3. The van der Waals surface area contributed by atoms with E-state index in [9.17, 15) is 9.59 Å². The van der Waals surface area contributed by atoms with Crippen molar-refractivity contribution >= 4 is 28.6 Å². The zero-order chi connectivity index (χ0) is 31.3. The largest absolute Gasteiger partial charge is 0.466 e. The number of rotatable bonds is 24. The minimum atomic E-state index is -1.79. The van der Waals surface area contributed by atoms with Crippen LogP contribution in [0.5, 0.6) is 0 Å². The molecule has 0 aliphatic heterocycles. The van der Waals surface area contributed by atoms with Crippen molar-refractivity contribution in [3.63, 3.8) is 0 Å². The zero-order valence-corrected chi connectivity index (χ0v) is 30.7. The van der Waals surface area contributed by atoms with Gasteiger partial charge in [-0.3, -0.25) is 9.59 Å². The summed E-state index contributed by atoms with van der Waals surface area (Å²) in [4.78, 5) is 24.3. The molecule has 0 spiro atoms. The molecule has 0 aromatic rings. The summed E-state index contributed by atoms with van der Waals surface area (Å²) in [5.74, 6) is 1.02. The van der Waals surface area contributed by atoms with Gasteiger partial charge in [0, 0.05) is 12.8 Å². The van der Waals surface area contributed by atoms with Gasteiger partial charge in [0.1, 0.15) is 0 Å². The minimum absolute atomic E-state index is 0.0656. The summed E-state index contributed by atoms with van der Waals surface area (Å²) in [6, 6.07) is 2.13. The van der Waals surface area contributed by atoms with Gasteiger partial charge in [0.15, 0.2) is 16.6 Å². The van der Waals surface area contributed by atoms with Gasteiger partial charge in [-0.2, -0.15) is 0 Å². The lowest BCUT2D eigenvalue weighted by atomic mass is 10.0. The van der Waals surface area contributed by atoms with Gasteiger partial charge in [0.25, 0.3) is 0 Å². The molecule has 0 rings (SSSR count). The number of allylic oxidation sites excluding steroid dienone is 4. The van der Waals surface area contributed by atoms with Crippen molar-refractivity contribution in [3.8, 4) is 0 Å². The van der Waals surface area contributed by atoms with E-state index in [1.54, 1.807) is 0 Å². The highest BCUT2D eigenvalue weighted by Gasteiger charge is 2.32. The van der Waals surface area contributed by atoms with Gasteiger partial charge < -0.3 is 13.6 Å². The number of hydrogen-bond acceptors (Lipinski definition) is 5. The van der Waals surface area contributed by atoms with Crippen LogP contribution >= 0.6 is 0 Å². The normalized spacial score (nSPS) is 13.3. The fourth-order valence-electron chi connectivity index (χ4n) is 4.98. The Hall–Kier alpha value is -1.19. The minimum Gasteiger partial charge on any atom is -0.466 e. The van der Waals surface area contributed by atoms with Gasteiger partial charge in [-0.1, -0.05) is 50.0 Å². The number of carbonyl (C=O) groups is 2. The van der Waals surface area contributed by atoms with Crippen LogP contribution in [-0.4, -0.2) is 41.8 Å². The summed E-state index contributed by atoms with van der Waals surface area (Å²) >= 11 is 0. The molecule has 0 saturated carbocycles. The van der Waals surface area contributed by atoms with E-state index < -0.39 is 16.6 Å². The van der Waals surface area contributed by atoms with E-state index in [1.165, 1.54) is 11.1 Å². The van der Waals surface area contributed by atoms with Crippen molar-refractivity contribution in [2.45, 2.75) is 157 Å². The molecule has 0 bridgehead atoms. The van der Waals surface area contributed by atoms with Crippen molar-refractivity contribution in [1.82, 2.24) is 0 Å². The van der Waals surface area contributed by atoms with Crippen molar-refractivity contribution in [2.75, 3.05) is 13.2 Å². The standard InChI is InChI=1S/C34H66O5Si2/c1-29(2)17-15-19-31(5)23-25-37-33(35)21-11-13-27-40(7,8)39-41(9,10)28-14-12-22-34(36)38-26-24-32(6)20-16-18-30(3)4/h17-18,31-32H,11-16,19-28H2,1-10H3. The second-order valence-corrected chi connectivity index (χ2v) is 22.8. The first-order valence-corrected chi connectivity index (χ1v) is 22.6. The van der Waals surface area contributed by atoms with Crippen LogP contribution in [0, 0.1) is 11.8 Å². The number of esters is 2. The van der Waals surface area contributed by atoms with Crippen LogP contribution < -0.4 is 0 Å². The fourth-order valence-corrected chi connectivity index (χ4v) is 14.0. The van der Waals surface area contributed by atoms with E-state index >= 15 is 0 Å². The SMILES string of the molecule is CC(C)=CCCC(C)CCOC(=O)CCCC[Si](C)(C)O[Si](C)(C)CCCCC(=O)OCCC(C)CCC=C(C)C. The Morgan fingerprint density at radius 2 is 0.976 bits per heavy atom. The number of hydrogen-bond donors (Lipinski definition) is 0. The van der Waals surface area contributed by atoms with E-state index in [-0.39, 0.29) is 11.9 Å². The molecule has 41 heavy (non-hydrogen) atoms. The molecule has 0 saturated heterocycles. The lowest BCUT2D eigenvalue weighted by molar-refractivity contribution is -0.145. The highest BCUT2D eigenvalue weighted by atomic mass is 28.4. The average molecular weight is 611 g/mol. The van der Waals surface area contributed by atoms with Crippen LogP contribution in [0.25, 0.3) is 0 Å². The molecule has 0 aliphatic rings. The fraction of sp³-hybridized carbons (Fsp3) is 0.824. The number of ether oxygens (including phenoxy) is 2. The molecule has 240 valence electrons. The van der Waals surface area contributed by atoms with Crippen LogP contribution in [0.3, 0.4) is 0 Å². The Morgan fingerprint density at radius 3 is 1.32 bits per heavy atom. The molecule has 0 aromatic heterocycles. The van der Waals surface area contributed by atoms with Crippen LogP contribution in [0.15, 0.2) is 23.3 Å². The Bertz CT molecular complexity index is 716. The van der Waals surface area contributed by atoms with Crippen LogP contribution in [0.1, 0.15) is 119 Å². The van der Waals surface area contributed by atoms with Gasteiger partial charge in [-0.15, -0.1) is 0 Å². The van der Waals surface area contributed by atoms with Crippen LogP contribution in [0.2, 0.25) is 38.3 Å². The molecule has 0 amide bonds. The first kappa shape index (κ1) is 39.8. The molecule has 0 aromatic carbocycles. The highest BCUT2D eigenvalue weighted by Crippen LogP contribution is 2.25. The molecule has 0 N–H and O–H groups in total. The van der Waals surface area contributed by atoms with Gasteiger partial charge in [-0.05, 0) is 129 Å². The summed E-state index contributed by atoms with van der Waals surface area (Å²) < 4.78 is 17.7. The summed E-state index contributed by atoms with van der Waals surface area (Å²) in [5, 5.41) is 0. The molecule has 2 unspecified atom stereocenters. The molecule has 0 radical (unpaired) electrons. The second-order valence-electron chi connectivity index (χ2n) is 14.0. The molecule has 2 atom stereocenters. The van der Waals surface area contributed by atoms with Gasteiger partial charge in [0.2, 0.25) is 0 Å². The lowest BCUT2D eigenvalue weighted by Gasteiger charge is -2.34. The molecule has 0 heterocycles. The Kier molecular flexibility index (Phi) is 21.7. The number of carbonyl (C=O) groups excluding carboxylic acids is 2. The molecular formula is C34H66O5Si2. The highest BCUT2D eigenvalue weighted by molar-refractivity contribution is 6.84.